The summed E-state index contributed by atoms with van der Waals surface area (Å²) in [6, 6.07) is 6.46. The van der Waals surface area contributed by atoms with Crippen molar-refractivity contribution < 1.29 is 4.79 Å². The van der Waals surface area contributed by atoms with Crippen LogP contribution in [0, 0.1) is 0 Å². The van der Waals surface area contributed by atoms with Gasteiger partial charge in [0.05, 0.1) is 11.1 Å². The first-order valence-corrected chi connectivity index (χ1v) is 7.46. The summed E-state index contributed by atoms with van der Waals surface area (Å²) in [5, 5.41) is 1.05. The third kappa shape index (κ3) is 2.08. The zero-order valence-electron chi connectivity index (χ0n) is 11.2. The quantitative estimate of drug-likeness (QED) is 0.825. The van der Waals surface area contributed by atoms with Gasteiger partial charge in [0, 0.05) is 35.2 Å². The number of halogens is 1. The Labute approximate surface area is 121 Å². The first-order chi connectivity index (χ1) is 9.08. The van der Waals surface area contributed by atoms with Gasteiger partial charge < -0.3 is 9.47 Å². The van der Waals surface area contributed by atoms with Crippen molar-refractivity contribution in [2.45, 2.75) is 26.3 Å². The number of likely N-dealkylation sites (tertiary alicyclic amines) is 1. The van der Waals surface area contributed by atoms with Gasteiger partial charge in [0.15, 0.2) is 0 Å². The Hall–Kier alpha value is -1.29. The van der Waals surface area contributed by atoms with Crippen LogP contribution in [0.1, 0.15) is 36.7 Å². The van der Waals surface area contributed by atoms with Crippen molar-refractivity contribution in [3.05, 3.63) is 34.4 Å². The monoisotopic (exact) mass is 320 g/mol. The van der Waals surface area contributed by atoms with Gasteiger partial charge in [0.2, 0.25) is 0 Å². The number of rotatable bonds is 2. The Morgan fingerprint density at radius 2 is 2.05 bits per heavy atom. The summed E-state index contributed by atoms with van der Waals surface area (Å²) in [7, 11) is 0. The first kappa shape index (κ1) is 12.7. The standard InChI is InChI=1S/C15H17BrN2O/c1-10(2)18-9-13(15(19)17-6-3-7-17)12-5-4-11(16)8-14(12)18/h4-5,8-10H,3,6-7H2,1-2H3. The summed E-state index contributed by atoms with van der Waals surface area (Å²) in [5.41, 5.74) is 1.95. The third-order valence-electron chi connectivity index (χ3n) is 3.73. The van der Waals surface area contributed by atoms with Crippen LogP contribution in [-0.2, 0) is 0 Å². The van der Waals surface area contributed by atoms with Gasteiger partial charge in [0.25, 0.3) is 5.91 Å². The molecule has 100 valence electrons. The van der Waals surface area contributed by atoms with Crippen LogP contribution >= 0.6 is 15.9 Å². The number of amides is 1. The molecule has 0 bridgehead atoms. The summed E-state index contributed by atoms with van der Waals surface area (Å²) in [6.07, 6.45) is 3.13. The Kier molecular flexibility index (Phi) is 3.13. The number of carbonyl (C=O) groups is 1. The lowest BCUT2D eigenvalue weighted by molar-refractivity contribution is 0.0653. The fraction of sp³-hybridized carbons (Fsp3) is 0.400. The second-order valence-electron chi connectivity index (χ2n) is 5.35. The van der Waals surface area contributed by atoms with Crippen molar-refractivity contribution in [1.82, 2.24) is 9.47 Å². The van der Waals surface area contributed by atoms with Gasteiger partial charge in [-0.05, 0) is 32.4 Å². The van der Waals surface area contributed by atoms with Crippen LogP contribution < -0.4 is 0 Å². The molecule has 0 saturated carbocycles. The number of aromatic nitrogens is 1. The molecular weight excluding hydrogens is 304 g/mol. The van der Waals surface area contributed by atoms with Crippen LogP contribution in [0.4, 0.5) is 0 Å². The first-order valence-electron chi connectivity index (χ1n) is 6.67. The summed E-state index contributed by atoms with van der Waals surface area (Å²) < 4.78 is 3.22. The molecule has 0 aliphatic carbocycles. The van der Waals surface area contributed by atoms with Crippen molar-refractivity contribution >= 4 is 32.7 Å². The highest BCUT2D eigenvalue weighted by Crippen LogP contribution is 2.29. The normalized spacial score (nSPS) is 15.1. The third-order valence-corrected chi connectivity index (χ3v) is 4.22. The van der Waals surface area contributed by atoms with Gasteiger partial charge in [-0.2, -0.15) is 0 Å². The van der Waals surface area contributed by atoms with Gasteiger partial charge in [-0.25, -0.2) is 0 Å². The molecular formula is C15H17BrN2O. The largest absolute Gasteiger partial charge is 0.344 e. The highest BCUT2D eigenvalue weighted by molar-refractivity contribution is 9.10. The molecule has 1 aromatic heterocycles. The summed E-state index contributed by atoms with van der Waals surface area (Å²) in [6.45, 7) is 6.06. The Bertz CT molecular complexity index is 641. The second kappa shape index (κ2) is 4.67. The van der Waals surface area contributed by atoms with E-state index < -0.39 is 0 Å². The fourth-order valence-corrected chi connectivity index (χ4v) is 2.86. The summed E-state index contributed by atoms with van der Waals surface area (Å²) >= 11 is 3.51. The lowest BCUT2D eigenvalue weighted by atomic mass is 10.1. The van der Waals surface area contributed by atoms with Crippen molar-refractivity contribution in [1.29, 1.82) is 0 Å². The smallest absolute Gasteiger partial charge is 0.256 e. The van der Waals surface area contributed by atoms with E-state index in [9.17, 15) is 4.79 Å². The number of hydrogen-bond donors (Lipinski definition) is 0. The van der Waals surface area contributed by atoms with E-state index in [0.717, 1.165) is 40.4 Å². The molecule has 1 aliphatic heterocycles. The van der Waals surface area contributed by atoms with E-state index in [-0.39, 0.29) is 5.91 Å². The number of carbonyl (C=O) groups excluding carboxylic acids is 1. The molecule has 0 atom stereocenters. The molecule has 1 aliphatic rings. The topological polar surface area (TPSA) is 25.2 Å². The SMILES string of the molecule is CC(C)n1cc(C(=O)N2CCC2)c2ccc(Br)cc21. The Balaban J connectivity index is 2.16. The molecule has 0 spiro atoms. The van der Waals surface area contributed by atoms with Crippen LogP contribution in [0.25, 0.3) is 10.9 Å². The molecule has 1 saturated heterocycles. The lowest BCUT2D eigenvalue weighted by Gasteiger charge is -2.30. The zero-order chi connectivity index (χ0) is 13.6. The van der Waals surface area contributed by atoms with E-state index in [4.69, 9.17) is 0 Å². The molecule has 3 rings (SSSR count). The fourth-order valence-electron chi connectivity index (χ4n) is 2.51. The van der Waals surface area contributed by atoms with Crippen molar-refractivity contribution in [3.63, 3.8) is 0 Å². The minimum atomic E-state index is 0.165. The van der Waals surface area contributed by atoms with Crippen LogP contribution in [-0.4, -0.2) is 28.5 Å². The van der Waals surface area contributed by atoms with Gasteiger partial charge in [-0.3, -0.25) is 4.79 Å². The van der Waals surface area contributed by atoms with E-state index in [1.165, 1.54) is 0 Å². The molecule has 0 unspecified atom stereocenters. The predicted octanol–water partition coefficient (Wildman–Crippen LogP) is 3.83. The molecule has 19 heavy (non-hydrogen) atoms. The molecule has 4 heteroatoms. The number of fused-ring (bicyclic) bond motifs is 1. The average molecular weight is 321 g/mol. The van der Waals surface area contributed by atoms with Crippen molar-refractivity contribution in [2.24, 2.45) is 0 Å². The second-order valence-corrected chi connectivity index (χ2v) is 6.27. The molecule has 2 aromatic rings. The van der Waals surface area contributed by atoms with Crippen molar-refractivity contribution in [3.8, 4) is 0 Å². The van der Waals surface area contributed by atoms with Crippen LogP contribution in [0.2, 0.25) is 0 Å². The average Bonchev–Trinajstić information content (AvgIpc) is 2.65. The molecule has 0 N–H and O–H groups in total. The minimum absolute atomic E-state index is 0.165. The molecule has 1 amide bonds. The molecule has 2 heterocycles. The van der Waals surface area contributed by atoms with Gasteiger partial charge in [-0.1, -0.05) is 22.0 Å². The number of benzene rings is 1. The van der Waals surface area contributed by atoms with Crippen LogP contribution in [0.3, 0.4) is 0 Å². The molecule has 0 radical (unpaired) electrons. The maximum atomic E-state index is 12.5. The molecule has 3 nitrogen and oxygen atoms in total. The predicted molar refractivity (Wildman–Crippen MR) is 80.5 cm³/mol. The Morgan fingerprint density at radius 3 is 2.63 bits per heavy atom. The zero-order valence-corrected chi connectivity index (χ0v) is 12.8. The van der Waals surface area contributed by atoms with Crippen LogP contribution in [0.15, 0.2) is 28.9 Å². The van der Waals surface area contributed by atoms with E-state index >= 15 is 0 Å². The van der Waals surface area contributed by atoms with Gasteiger partial charge in [-0.15, -0.1) is 0 Å². The highest BCUT2D eigenvalue weighted by atomic mass is 79.9. The maximum Gasteiger partial charge on any atom is 0.256 e. The number of hydrogen-bond acceptors (Lipinski definition) is 1. The lowest BCUT2D eigenvalue weighted by Crippen LogP contribution is -2.41. The molecule has 1 fully saturated rings. The maximum absolute atomic E-state index is 12.5. The minimum Gasteiger partial charge on any atom is -0.344 e. The van der Waals surface area contributed by atoms with Crippen molar-refractivity contribution in [2.75, 3.05) is 13.1 Å². The van der Waals surface area contributed by atoms with E-state index in [0.29, 0.717) is 6.04 Å². The van der Waals surface area contributed by atoms with Gasteiger partial charge >= 0.3 is 0 Å². The number of nitrogens with zero attached hydrogens (tertiary/aromatic N) is 2. The van der Waals surface area contributed by atoms with E-state index in [2.05, 4.69) is 40.4 Å². The van der Waals surface area contributed by atoms with E-state index in [1.54, 1.807) is 0 Å². The molecule has 1 aromatic carbocycles. The summed E-state index contributed by atoms with van der Waals surface area (Å²) in [4.78, 5) is 14.4. The van der Waals surface area contributed by atoms with Crippen LogP contribution in [0.5, 0.6) is 0 Å². The Morgan fingerprint density at radius 1 is 1.32 bits per heavy atom. The summed E-state index contributed by atoms with van der Waals surface area (Å²) in [5.74, 6) is 0.165. The highest BCUT2D eigenvalue weighted by Gasteiger charge is 2.25. The van der Waals surface area contributed by atoms with Gasteiger partial charge in [0.1, 0.15) is 0 Å². The van der Waals surface area contributed by atoms with E-state index in [1.807, 2.05) is 23.2 Å².